The Balaban J connectivity index is 1.28. The lowest BCUT2D eigenvalue weighted by atomic mass is 10.0. The molecule has 0 aliphatic carbocycles. The molecule has 1 aliphatic heterocycles. The van der Waals surface area contributed by atoms with Crippen LogP contribution in [-0.4, -0.2) is 65.5 Å². The number of benzene rings is 3. The molecule has 4 rings (SSSR count). The SMILES string of the molecule is C[C@@H](OC(=O)c1ccc(C(=O)C(=O)c2ccccc2)cc1)C(=O)N1CCN(Cc2ccccc2)CC1. The van der Waals surface area contributed by atoms with Gasteiger partial charge in [-0.15, -0.1) is 0 Å². The van der Waals surface area contributed by atoms with E-state index in [4.69, 9.17) is 4.74 Å². The van der Waals surface area contributed by atoms with Crippen molar-refractivity contribution in [2.75, 3.05) is 26.2 Å². The maximum atomic E-state index is 12.8. The van der Waals surface area contributed by atoms with Crippen LogP contribution in [0.25, 0.3) is 0 Å². The summed E-state index contributed by atoms with van der Waals surface area (Å²) in [7, 11) is 0. The standard InChI is InChI=1S/C29H28N2O5/c1-21(28(34)31-18-16-30(17-19-31)20-22-8-4-2-5-9-22)36-29(35)25-14-12-24(13-15-25)27(33)26(32)23-10-6-3-7-11-23/h2-15,21H,16-20H2,1H3/t21-/m1/s1. The van der Waals surface area contributed by atoms with Gasteiger partial charge >= 0.3 is 5.97 Å². The van der Waals surface area contributed by atoms with Crippen LogP contribution >= 0.6 is 0 Å². The number of ether oxygens (including phenoxy) is 1. The van der Waals surface area contributed by atoms with E-state index >= 15 is 0 Å². The fraction of sp³-hybridized carbons (Fsp3) is 0.241. The number of esters is 1. The number of piperazine rings is 1. The molecule has 3 aromatic carbocycles. The zero-order valence-electron chi connectivity index (χ0n) is 20.1. The molecule has 1 amide bonds. The Labute approximate surface area is 210 Å². The summed E-state index contributed by atoms with van der Waals surface area (Å²) in [6.07, 6.45) is -0.931. The van der Waals surface area contributed by atoms with Gasteiger partial charge in [-0.3, -0.25) is 19.3 Å². The summed E-state index contributed by atoms with van der Waals surface area (Å²) in [5.74, 6) is -2.17. The van der Waals surface area contributed by atoms with E-state index < -0.39 is 23.6 Å². The fourth-order valence-corrected chi connectivity index (χ4v) is 4.11. The number of hydrogen-bond donors (Lipinski definition) is 0. The van der Waals surface area contributed by atoms with E-state index in [0.29, 0.717) is 18.7 Å². The van der Waals surface area contributed by atoms with E-state index in [1.54, 1.807) is 42.2 Å². The number of nitrogens with zero attached hydrogens (tertiary/aromatic N) is 2. The third kappa shape index (κ3) is 6.12. The van der Waals surface area contributed by atoms with Gasteiger partial charge in [-0.1, -0.05) is 72.8 Å². The normalized spacial score (nSPS) is 14.6. The molecule has 0 N–H and O–H groups in total. The first-order valence-corrected chi connectivity index (χ1v) is 11.9. The molecule has 36 heavy (non-hydrogen) atoms. The Hall–Kier alpha value is -4.10. The summed E-state index contributed by atoms with van der Waals surface area (Å²) in [4.78, 5) is 54.3. The number of amides is 1. The summed E-state index contributed by atoms with van der Waals surface area (Å²) in [6.45, 7) is 5.03. The van der Waals surface area contributed by atoms with Gasteiger partial charge in [-0.05, 0) is 24.6 Å². The number of ketones is 2. The summed E-state index contributed by atoms with van der Waals surface area (Å²) >= 11 is 0. The highest BCUT2D eigenvalue weighted by molar-refractivity contribution is 6.49. The molecule has 0 saturated carbocycles. The Morgan fingerprint density at radius 3 is 1.78 bits per heavy atom. The van der Waals surface area contributed by atoms with Crippen molar-refractivity contribution in [1.82, 2.24) is 9.80 Å². The van der Waals surface area contributed by atoms with Crippen LogP contribution in [0.5, 0.6) is 0 Å². The number of carbonyl (C=O) groups excluding carboxylic acids is 4. The largest absolute Gasteiger partial charge is 0.449 e. The van der Waals surface area contributed by atoms with Crippen LogP contribution in [0.3, 0.4) is 0 Å². The second-order valence-electron chi connectivity index (χ2n) is 8.74. The van der Waals surface area contributed by atoms with E-state index in [1.807, 2.05) is 18.2 Å². The zero-order valence-corrected chi connectivity index (χ0v) is 20.1. The molecular formula is C29H28N2O5. The molecule has 184 valence electrons. The predicted octanol–water partition coefficient (Wildman–Crippen LogP) is 3.64. The highest BCUT2D eigenvalue weighted by Gasteiger charge is 2.27. The third-order valence-corrected chi connectivity index (χ3v) is 6.19. The topological polar surface area (TPSA) is 84.0 Å². The van der Waals surface area contributed by atoms with Crippen LogP contribution in [0.1, 0.15) is 43.6 Å². The molecular weight excluding hydrogens is 456 g/mol. The highest BCUT2D eigenvalue weighted by Crippen LogP contribution is 2.14. The zero-order chi connectivity index (χ0) is 25.5. The Bertz CT molecular complexity index is 1220. The fourth-order valence-electron chi connectivity index (χ4n) is 4.11. The van der Waals surface area contributed by atoms with Gasteiger partial charge in [-0.2, -0.15) is 0 Å². The summed E-state index contributed by atoms with van der Waals surface area (Å²) < 4.78 is 5.40. The minimum Gasteiger partial charge on any atom is -0.449 e. The number of Topliss-reactive ketones (excluding diaryl/α,β-unsaturated/α-hetero) is 2. The first-order valence-electron chi connectivity index (χ1n) is 11.9. The van der Waals surface area contributed by atoms with E-state index in [9.17, 15) is 19.2 Å². The first kappa shape index (κ1) is 25.0. The minimum absolute atomic E-state index is 0.179. The lowest BCUT2D eigenvalue weighted by Crippen LogP contribution is -2.51. The second kappa shape index (κ2) is 11.6. The van der Waals surface area contributed by atoms with Crippen molar-refractivity contribution in [3.63, 3.8) is 0 Å². The van der Waals surface area contributed by atoms with Crippen molar-refractivity contribution in [2.24, 2.45) is 0 Å². The average molecular weight is 485 g/mol. The average Bonchev–Trinajstić information content (AvgIpc) is 2.93. The number of rotatable bonds is 8. The van der Waals surface area contributed by atoms with E-state index in [2.05, 4.69) is 17.0 Å². The molecule has 1 atom stereocenters. The maximum absolute atomic E-state index is 12.8. The maximum Gasteiger partial charge on any atom is 0.338 e. The molecule has 0 aromatic heterocycles. The van der Waals surface area contributed by atoms with Crippen LogP contribution in [0.2, 0.25) is 0 Å². The van der Waals surface area contributed by atoms with Gasteiger partial charge in [0, 0.05) is 43.9 Å². The highest BCUT2D eigenvalue weighted by atomic mass is 16.5. The molecule has 3 aromatic rings. The Morgan fingerprint density at radius 1 is 0.694 bits per heavy atom. The molecule has 0 radical (unpaired) electrons. The van der Waals surface area contributed by atoms with E-state index in [1.165, 1.54) is 29.8 Å². The molecule has 0 bridgehead atoms. The van der Waals surface area contributed by atoms with Gasteiger partial charge in [-0.25, -0.2) is 4.79 Å². The molecule has 1 saturated heterocycles. The van der Waals surface area contributed by atoms with Crippen LogP contribution < -0.4 is 0 Å². The Morgan fingerprint density at radius 2 is 1.19 bits per heavy atom. The quantitative estimate of drug-likeness (QED) is 0.276. The Kier molecular flexibility index (Phi) is 8.02. The van der Waals surface area contributed by atoms with Gasteiger partial charge in [0.05, 0.1) is 5.56 Å². The first-order chi connectivity index (χ1) is 17.4. The van der Waals surface area contributed by atoms with Gasteiger partial charge in [0.15, 0.2) is 6.10 Å². The summed E-state index contributed by atoms with van der Waals surface area (Å²) in [6, 6.07) is 24.2. The van der Waals surface area contributed by atoms with Gasteiger partial charge in [0.25, 0.3) is 5.91 Å². The van der Waals surface area contributed by atoms with Crippen molar-refractivity contribution >= 4 is 23.4 Å². The third-order valence-electron chi connectivity index (χ3n) is 6.19. The van der Waals surface area contributed by atoms with E-state index in [0.717, 1.165) is 19.6 Å². The monoisotopic (exact) mass is 484 g/mol. The van der Waals surface area contributed by atoms with Crippen LogP contribution in [0.15, 0.2) is 84.9 Å². The lowest BCUT2D eigenvalue weighted by molar-refractivity contribution is -0.141. The van der Waals surface area contributed by atoms with Crippen LogP contribution in [0.4, 0.5) is 0 Å². The van der Waals surface area contributed by atoms with Crippen LogP contribution in [0, 0.1) is 0 Å². The smallest absolute Gasteiger partial charge is 0.338 e. The second-order valence-corrected chi connectivity index (χ2v) is 8.74. The van der Waals surface area contributed by atoms with Crippen molar-refractivity contribution < 1.29 is 23.9 Å². The van der Waals surface area contributed by atoms with Crippen molar-refractivity contribution in [3.8, 4) is 0 Å². The molecule has 1 heterocycles. The predicted molar refractivity (Wildman–Crippen MR) is 135 cm³/mol. The van der Waals surface area contributed by atoms with Crippen molar-refractivity contribution in [1.29, 1.82) is 0 Å². The molecule has 1 aliphatic rings. The van der Waals surface area contributed by atoms with Gasteiger partial charge in [0.2, 0.25) is 11.6 Å². The van der Waals surface area contributed by atoms with E-state index in [-0.39, 0.29) is 17.0 Å². The number of carbonyl (C=O) groups is 4. The van der Waals surface area contributed by atoms with Crippen LogP contribution in [-0.2, 0) is 16.1 Å². The summed E-state index contributed by atoms with van der Waals surface area (Å²) in [5, 5.41) is 0. The van der Waals surface area contributed by atoms with Gasteiger partial charge < -0.3 is 9.64 Å². The van der Waals surface area contributed by atoms with Gasteiger partial charge in [0.1, 0.15) is 0 Å². The lowest BCUT2D eigenvalue weighted by Gasteiger charge is -2.35. The number of hydrogen-bond acceptors (Lipinski definition) is 6. The van der Waals surface area contributed by atoms with Crippen molar-refractivity contribution in [2.45, 2.75) is 19.6 Å². The molecule has 7 heteroatoms. The molecule has 0 unspecified atom stereocenters. The molecule has 7 nitrogen and oxygen atoms in total. The minimum atomic E-state index is -0.931. The molecule has 1 fully saturated rings. The molecule has 0 spiro atoms. The summed E-state index contributed by atoms with van der Waals surface area (Å²) in [5.41, 5.74) is 1.92. The van der Waals surface area contributed by atoms with Crippen molar-refractivity contribution in [3.05, 3.63) is 107 Å².